The van der Waals surface area contributed by atoms with E-state index in [4.69, 9.17) is 0 Å². The van der Waals surface area contributed by atoms with Crippen LogP contribution in [0.5, 0.6) is 0 Å². The smallest absolute Gasteiger partial charge is 0.227 e. The molecular formula is C15H21FN2O. The normalized spacial score (nSPS) is 16.9. The molecular weight excluding hydrogens is 243 g/mol. The minimum absolute atomic E-state index is 0.0299. The maximum atomic E-state index is 13.5. The number of rotatable bonds is 3. The predicted octanol–water partition coefficient (Wildman–Crippen LogP) is 1.92. The number of carbonyl (C=O) groups is 1. The van der Waals surface area contributed by atoms with Crippen LogP contribution in [0.15, 0.2) is 24.3 Å². The van der Waals surface area contributed by atoms with E-state index in [2.05, 4.69) is 19.0 Å². The van der Waals surface area contributed by atoms with Gasteiger partial charge in [0.25, 0.3) is 0 Å². The third-order valence-electron chi connectivity index (χ3n) is 3.85. The standard InChI is InChI=1S/C15H21FN2O/c1-17(2)13-7-9-18(10-8-13)15(19)11-12-5-3-4-6-14(12)16/h3-6,13H,7-11H2,1-2H3. The average molecular weight is 264 g/mol. The highest BCUT2D eigenvalue weighted by Gasteiger charge is 2.24. The molecule has 1 saturated heterocycles. The molecule has 0 atom stereocenters. The molecule has 0 saturated carbocycles. The lowest BCUT2D eigenvalue weighted by Gasteiger charge is -2.35. The summed E-state index contributed by atoms with van der Waals surface area (Å²) in [6.45, 7) is 1.55. The quantitative estimate of drug-likeness (QED) is 0.832. The van der Waals surface area contributed by atoms with Crippen molar-refractivity contribution in [2.75, 3.05) is 27.2 Å². The summed E-state index contributed by atoms with van der Waals surface area (Å²) in [6, 6.07) is 7.05. The number of piperidine rings is 1. The van der Waals surface area contributed by atoms with Crippen LogP contribution in [-0.2, 0) is 11.2 Å². The molecule has 0 radical (unpaired) electrons. The molecule has 1 heterocycles. The first kappa shape index (κ1) is 14.0. The first-order chi connectivity index (χ1) is 9.08. The number of amides is 1. The van der Waals surface area contributed by atoms with E-state index in [1.54, 1.807) is 18.2 Å². The van der Waals surface area contributed by atoms with Crippen LogP contribution >= 0.6 is 0 Å². The Morgan fingerprint density at radius 3 is 2.53 bits per heavy atom. The number of benzene rings is 1. The van der Waals surface area contributed by atoms with Crippen LogP contribution < -0.4 is 0 Å². The van der Waals surface area contributed by atoms with Gasteiger partial charge in [-0.1, -0.05) is 18.2 Å². The van der Waals surface area contributed by atoms with Gasteiger partial charge in [0.05, 0.1) is 6.42 Å². The highest BCUT2D eigenvalue weighted by atomic mass is 19.1. The van der Waals surface area contributed by atoms with E-state index in [0.29, 0.717) is 11.6 Å². The van der Waals surface area contributed by atoms with Crippen molar-refractivity contribution < 1.29 is 9.18 Å². The van der Waals surface area contributed by atoms with Crippen LogP contribution in [0.25, 0.3) is 0 Å². The van der Waals surface area contributed by atoms with Gasteiger partial charge in [-0.15, -0.1) is 0 Å². The molecule has 0 spiro atoms. The molecule has 1 aliphatic rings. The number of carbonyl (C=O) groups excluding carboxylic acids is 1. The Kier molecular flexibility index (Phi) is 4.53. The lowest BCUT2D eigenvalue weighted by atomic mass is 10.0. The maximum Gasteiger partial charge on any atom is 0.227 e. The van der Waals surface area contributed by atoms with Crippen LogP contribution in [0.1, 0.15) is 18.4 Å². The molecule has 1 aliphatic heterocycles. The van der Waals surface area contributed by atoms with E-state index in [1.807, 2.05) is 4.90 Å². The number of likely N-dealkylation sites (tertiary alicyclic amines) is 1. The van der Waals surface area contributed by atoms with Crippen LogP contribution in [-0.4, -0.2) is 48.9 Å². The fourth-order valence-electron chi connectivity index (χ4n) is 2.55. The van der Waals surface area contributed by atoms with E-state index < -0.39 is 0 Å². The number of halogens is 1. The minimum Gasteiger partial charge on any atom is -0.342 e. The second-order valence-corrected chi connectivity index (χ2v) is 5.34. The molecule has 0 aliphatic carbocycles. The van der Waals surface area contributed by atoms with Gasteiger partial charge in [-0.25, -0.2) is 4.39 Å². The summed E-state index contributed by atoms with van der Waals surface area (Å²) in [6.07, 6.45) is 2.16. The number of hydrogen-bond acceptors (Lipinski definition) is 2. The molecule has 0 aromatic heterocycles. The van der Waals surface area contributed by atoms with Crippen LogP contribution in [0.2, 0.25) is 0 Å². The van der Waals surface area contributed by atoms with Crippen molar-refractivity contribution in [3.63, 3.8) is 0 Å². The lowest BCUT2D eigenvalue weighted by Crippen LogP contribution is -2.45. The fraction of sp³-hybridized carbons (Fsp3) is 0.533. The van der Waals surface area contributed by atoms with Gasteiger partial charge in [0.1, 0.15) is 5.82 Å². The molecule has 104 valence electrons. The second-order valence-electron chi connectivity index (χ2n) is 5.34. The molecule has 1 aromatic rings. The molecule has 1 amide bonds. The van der Waals surface area contributed by atoms with E-state index in [1.165, 1.54) is 6.07 Å². The Labute approximate surface area is 114 Å². The van der Waals surface area contributed by atoms with Crippen molar-refractivity contribution >= 4 is 5.91 Å². The molecule has 3 nitrogen and oxygen atoms in total. The van der Waals surface area contributed by atoms with Crippen molar-refractivity contribution in [3.8, 4) is 0 Å². The van der Waals surface area contributed by atoms with Gasteiger partial charge < -0.3 is 9.80 Å². The van der Waals surface area contributed by atoms with Crippen LogP contribution in [0.3, 0.4) is 0 Å². The maximum absolute atomic E-state index is 13.5. The molecule has 2 rings (SSSR count). The van der Waals surface area contributed by atoms with Gasteiger partial charge in [0.15, 0.2) is 0 Å². The Morgan fingerprint density at radius 1 is 1.32 bits per heavy atom. The van der Waals surface area contributed by atoms with Crippen molar-refractivity contribution in [2.24, 2.45) is 0 Å². The summed E-state index contributed by atoms with van der Waals surface area (Å²) in [5.74, 6) is -0.263. The fourth-order valence-corrected chi connectivity index (χ4v) is 2.55. The number of hydrogen-bond donors (Lipinski definition) is 0. The zero-order valence-corrected chi connectivity index (χ0v) is 11.6. The molecule has 4 heteroatoms. The molecule has 1 aromatic carbocycles. The van der Waals surface area contributed by atoms with Gasteiger partial charge in [0, 0.05) is 19.1 Å². The summed E-state index contributed by atoms with van der Waals surface area (Å²) < 4.78 is 13.5. The van der Waals surface area contributed by atoms with E-state index in [-0.39, 0.29) is 18.1 Å². The molecule has 0 bridgehead atoms. The third-order valence-corrected chi connectivity index (χ3v) is 3.85. The van der Waals surface area contributed by atoms with Crippen LogP contribution in [0, 0.1) is 5.82 Å². The summed E-state index contributed by atoms with van der Waals surface area (Å²) in [5, 5.41) is 0. The van der Waals surface area contributed by atoms with E-state index in [9.17, 15) is 9.18 Å². The summed E-state index contributed by atoms with van der Waals surface area (Å²) in [4.78, 5) is 16.2. The largest absolute Gasteiger partial charge is 0.342 e. The van der Waals surface area contributed by atoms with Gasteiger partial charge in [-0.05, 0) is 38.6 Å². The molecule has 0 N–H and O–H groups in total. The zero-order valence-electron chi connectivity index (χ0n) is 11.6. The topological polar surface area (TPSA) is 23.6 Å². The van der Waals surface area contributed by atoms with Crippen molar-refractivity contribution in [1.82, 2.24) is 9.80 Å². The summed E-state index contributed by atoms with van der Waals surface area (Å²) >= 11 is 0. The molecule has 19 heavy (non-hydrogen) atoms. The van der Waals surface area contributed by atoms with Crippen molar-refractivity contribution in [3.05, 3.63) is 35.6 Å². The minimum atomic E-state index is -0.293. The summed E-state index contributed by atoms with van der Waals surface area (Å²) in [7, 11) is 4.14. The Balaban J connectivity index is 1.90. The second kappa shape index (κ2) is 6.15. The predicted molar refractivity (Wildman–Crippen MR) is 73.4 cm³/mol. The highest BCUT2D eigenvalue weighted by Crippen LogP contribution is 2.16. The Bertz CT molecular complexity index is 440. The Hall–Kier alpha value is -1.42. The highest BCUT2D eigenvalue weighted by molar-refractivity contribution is 5.78. The lowest BCUT2D eigenvalue weighted by molar-refractivity contribution is -0.132. The van der Waals surface area contributed by atoms with Crippen LogP contribution in [0.4, 0.5) is 4.39 Å². The first-order valence-electron chi connectivity index (χ1n) is 6.75. The monoisotopic (exact) mass is 264 g/mol. The average Bonchev–Trinajstić information content (AvgIpc) is 2.41. The zero-order chi connectivity index (χ0) is 13.8. The van der Waals surface area contributed by atoms with Crippen molar-refractivity contribution in [2.45, 2.75) is 25.3 Å². The number of nitrogens with zero attached hydrogens (tertiary/aromatic N) is 2. The van der Waals surface area contributed by atoms with E-state index in [0.717, 1.165) is 25.9 Å². The van der Waals surface area contributed by atoms with Gasteiger partial charge in [-0.3, -0.25) is 4.79 Å². The van der Waals surface area contributed by atoms with Gasteiger partial charge >= 0.3 is 0 Å². The molecule has 0 unspecified atom stereocenters. The first-order valence-corrected chi connectivity index (χ1v) is 6.75. The van der Waals surface area contributed by atoms with E-state index >= 15 is 0 Å². The molecule has 1 fully saturated rings. The van der Waals surface area contributed by atoms with Gasteiger partial charge in [-0.2, -0.15) is 0 Å². The Morgan fingerprint density at radius 2 is 1.95 bits per heavy atom. The van der Waals surface area contributed by atoms with Gasteiger partial charge in [0.2, 0.25) is 5.91 Å². The third kappa shape index (κ3) is 3.53. The summed E-state index contributed by atoms with van der Waals surface area (Å²) in [5.41, 5.74) is 0.488. The van der Waals surface area contributed by atoms with Crippen molar-refractivity contribution in [1.29, 1.82) is 0 Å². The SMILES string of the molecule is CN(C)C1CCN(C(=O)Cc2ccccc2F)CC1.